The number of methoxy groups -OCH3 is 1. The first-order valence-corrected chi connectivity index (χ1v) is 16.6. The molecule has 0 spiro atoms. The summed E-state index contributed by atoms with van der Waals surface area (Å²) in [6, 6.07) is 8.69. The quantitative estimate of drug-likeness (QED) is 0.0480. The first-order chi connectivity index (χ1) is 24.2. The number of nitrogens with one attached hydrogen (secondary N) is 5. The second-order valence-electron chi connectivity index (χ2n) is 11.6. The monoisotopic (exact) mass is 731 g/mol. The van der Waals surface area contributed by atoms with Crippen LogP contribution in [0.1, 0.15) is 49.9 Å². The lowest BCUT2D eigenvalue weighted by Gasteiger charge is -2.26. The van der Waals surface area contributed by atoms with Gasteiger partial charge in [-0.1, -0.05) is 35.9 Å². The summed E-state index contributed by atoms with van der Waals surface area (Å²) in [5.41, 5.74) is 13.2. The third kappa shape index (κ3) is 13.7. The third-order valence-electron chi connectivity index (χ3n) is 7.63. The molecule has 51 heavy (non-hydrogen) atoms. The summed E-state index contributed by atoms with van der Waals surface area (Å²) in [7, 11) is 1.02. The minimum Gasteiger partial charge on any atom is -0.463 e. The number of rotatable bonds is 20. The van der Waals surface area contributed by atoms with Crippen LogP contribution >= 0.6 is 11.6 Å². The van der Waals surface area contributed by atoms with Gasteiger partial charge < -0.3 is 47.9 Å². The van der Waals surface area contributed by atoms with Crippen molar-refractivity contribution in [3.63, 3.8) is 0 Å². The van der Waals surface area contributed by atoms with Gasteiger partial charge in [0.05, 0.1) is 19.8 Å². The van der Waals surface area contributed by atoms with E-state index in [0.717, 1.165) is 18.2 Å². The molecule has 2 aromatic rings. The van der Waals surface area contributed by atoms with E-state index in [0.29, 0.717) is 24.4 Å². The van der Waals surface area contributed by atoms with E-state index in [1.54, 1.807) is 36.4 Å². The number of hydrogen-bond donors (Lipinski definition) is 8. The number of carbonyl (C=O) groups excluding carboxylic acids is 7. The van der Waals surface area contributed by atoms with E-state index in [1.165, 1.54) is 13.8 Å². The molecular formula is C34H46ClN7O9. The molecule has 0 saturated carbocycles. The highest BCUT2D eigenvalue weighted by atomic mass is 35.5. The molecule has 5 amide bonds. The second kappa shape index (κ2) is 21.3. The minimum atomic E-state index is -1.54. The summed E-state index contributed by atoms with van der Waals surface area (Å²) >= 11 is 5.96. The van der Waals surface area contributed by atoms with E-state index in [2.05, 4.69) is 31.3 Å². The van der Waals surface area contributed by atoms with E-state index in [-0.39, 0.29) is 24.9 Å². The Labute approximate surface area is 300 Å². The summed E-state index contributed by atoms with van der Waals surface area (Å²) in [6.07, 6.45) is -0.320. The van der Waals surface area contributed by atoms with Crippen molar-refractivity contribution in [3.05, 3.63) is 59.1 Å². The number of hydrogen-bond acceptors (Lipinski definition) is 11. The number of halogens is 1. The van der Waals surface area contributed by atoms with Gasteiger partial charge in [0.25, 0.3) is 11.7 Å². The summed E-state index contributed by atoms with van der Waals surface area (Å²) in [5, 5.41) is 23.1. The largest absolute Gasteiger partial charge is 0.463 e. The van der Waals surface area contributed by atoms with Gasteiger partial charge in [0.1, 0.15) is 24.2 Å². The number of aliphatic hydroxyl groups is 1. The van der Waals surface area contributed by atoms with Gasteiger partial charge in [-0.25, -0.2) is 4.79 Å². The van der Waals surface area contributed by atoms with Crippen molar-refractivity contribution in [2.45, 2.75) is 69.8 Å². The van der Waals surface area contributed by atoms with E-state index < -0.39 is 78.1 Å². The topological polar surface area (TPSA) is 261 Å². The molecule has 278 valence electrons. The Kier molecular flexibility index (Phi) is 17.7. The van der Waals surface area contributed by atoms with Crippen molar-refractivity contribution in [1.29, 1.82) is 0 Å². The van der Waals surface area contributed by atoms with E-state index in [4.69, 9.17) is 23.1 Å². The molecule has 0 bridgehead atoms. The van der Waals surface area contributed by atoms with Crippen molar-refractivity contribution in [1.82, 2.24) is 26.6 Å². The van der Waals surface area contributed by atoms with Crippen molar-refractivity contribution in [2.75, 3.05) is 26.7 Å². The molecule has 0 aliphatic heterocycles. The van der Waals surface area contributed by atoms with Crippen molar-refractivity contribution < 1.29 is 43.4 Å². The minimum absolute atomic E-state index is 0.00617. The van der Waals surface area contributed by atoms with Gasteiger partial charge in [-0.3, -0.25) is 28.8 Å². The fourth-order valence-electron chi connectivity index (χ4n) is 4.70. The van der Waals surface area contributed by atoms with E-state index in [9.17, 15) is 38.7 Å². The highest BCUT2D eigenvalue weighted by Crippen LogP contribution is 2.22. The number of carbonyl (C=O) groups is 7. The van der Waals surface area contributed by atoms with Gasteiger partial charge in [0.15, 0.2) is 0 Å². The zero-order chi connectivity index (χ0) is 38.1. The predicted molar refractivity (Wildman–Crippen MR) is 188 cm³/mol. The van der Waals surface area contributed by atoms with Crippen LogP contribution in [0.5, 0.6) is 0 Å². The van der Waals surface area contributed by atoms with E-state index >= 15 is 0 Å². The molecule has 0 heterocycles. The molecule has 16 nitrogen and oxygen atoms in total. The Bertz CT molecular complexity index is 1520. The van der Waals surface area contributed by atoms with Crippen LogP contribution in [0.25, 0.3) is 11.1 Å². The summed E-state index contributed by atoms with van der Waals surface area (Å²) in [4.78, 5) is 88.3. The normalized spacial score (nSPS) is 13.7. The van der Waals surface area contributed by atoms with Crippen LogP contribution in [-0.2, 0) is 33.5 Å². The van der Waals surface area contributed by atoms with Gasteiger partial charge in [0, 0.05) is 10.6 Å². The van der Waals surface area contributed by atoms with Crippen molar-refractivity contribution >= 4 is 52.9 Å². The lowest BCUT2D eigenvalue weighted by atomic mass is 10.0. The Morgan fingerprint density at radius 1 is 0.725 bits per heavy atom. The number of unbranched alkanes of at least 4 members (excludes halogenated alkanes) is 1. The van der Waals surface area contributed by atoms with Crippen molar-refractivity contribution in [3.8, 4) is 11.1 Å². The Morgan fingerprint density at radius 3 is 1.86 bits per heavy atom. The molecule has 2 rings (SSSR count). The smallest absolute Gasteiger partial charge is 0.376 e. The fraction of sp³-hybridized carbons (Fsp3) is 0.441. The first-order valence-electron chi connectivity index (χ1n) is 16.3. The molecule has 0 aromatic heterocycles. The SMILES string of the molecule is COC(=O)C(=O)CNC(=O)C(CCCCN)NC(=O)C(C)NC(=O)C(NC(=O)C(CCN)NC(=O)c1ccc(-c2ccc(Cl)cc2)cc1)C(C)O. The number of ether oxygens (including phenoxy) is 1. The van der Waals surface area contributed by atoms with Gasteiger partial charge >= 0.3 is 5.97 Å². The lowest BCUT2D eigenvalue weighted by Crippen LogP contribution is -2.60. The highest BCUT2D eigenvalue weighted by molar-refractivity contribution is 6.34. The lowest BCUT2D eigenvalue weighted by molar-refractivity contribution is -0.151. The number of Topliss-reactive ketones (excluding diaryl/α,β-unsaturated/α-hetero) is 1. The molecular weight excluding hydrogens is 686 g/mol. The maximum Gasteiger partial charge on any atom is 0.376 e. The van der Waals surface area contributed by atoms with Gasteiger partial charge in [-0.05, 0) is 88.0 Å². The number of nitrogens with two attached hydrogens (primary N) is 2. The molecule has 0 fully saturated rings. The van der Waals surface area contributed by atoms with Crippen molar-refractivity contribution in [2.24, 2.45) is 11.5 Å². The van der Waals surface area contributed by atoms with Crippen LogP contribution in [0.4, 0.5) is 0 Å². The first kappa shape index (κ1) is 42.3. The Morgan fingerprint density at radius 2 is 1.31 bits per heavy atom. The van der Waals surface area contributed by atoms with Crippen LogP contribution in [-0.4, -0.2) is 103 Å². The Balaban J connectivity index is 2.06. The van der Waals surface area contributed by atoms with Crippen LogP contribution in [0.3, 0.4) is 0 Å². The standard InChI is InChI=1S/C34H46ClN7O9/c1-19(29(45)40-25(6-4-5-16-36)31(47)38-18-27(44)34(50)51-3)39-33(49)28(20(2)43)42-32(48)26(15-17-37)41-30(46)23-9-7-21(8-10-23)22-11-13-24(35)14-12-22/h7-14,19-20,25-26,28,43H,4-6,15-18,36-37H2,1-3H3,(H,38,47)(H,39,49)(H,40,45)(H,41,46)(H,42,48). The summed E-state index contributed by atoms with van der Waals surface area (Å²) in [5.74, 6) is -5.99. The molecule has 0 aliphatic carbocycles. The molecule has 0 radical (unpaired) electrons. The number of amides is 5. The molecule has 2 aromatic carbocycles. The van der Waals surface area contributed by atoms with Crippen LogP contribution in [0.15, 0.2) is 48.5 Å². The second-order valence-corrected chi connectivity index (χ2v) is 12.1. The Hall–Kier alpha value is -4.90. The van der Waals surface area contributed by atoms with Gasteiger partial charge in [0.2, 0.25) is 23.6 Å². The van der Waals surface area contributed by atoms with Crippen LogP contribution in [0.2, 0.25) is 5.02 Å². The number of esters is 1. The van der Waals surface area contributed by atoms with Gasteiger partial charge in [-0.2, -0.15) is 0 Å². The zero-order valence-electron chi connectivity index (χ0n) is 28.7. The summed E-state index contributed by atoms with van der Waals surface area (Å²) < 4.78 is 4.32. The zero-order valence-corrected chi connectivity index (χ0v) is 29.5. The molecule has 5 unspecified atom stereocenters. The molecule has 17 heteroatoms. The molecule has 5 atom stereocenters. The maximum absolute atomic E-state index is 13.3. The molecule has 0 saturated heterocycles. The highest BCUT2D eigenvalue weighted by Gasteiger charge is 2.32. The average molecular weight is 732 g/mol. The summed E-state index contributed by atoms with van der Waals surface area (Å²) in [6.45, 7) is 2.25. The predicted octanol–water partition coefficient (Wildman–Crippen LogP) is -0.703. The third-order valence-corrected chi connectivity index (χ3v) is 7.88. The number of benzene rings is 2. The number of ketones is 1. The van der Waals surface area contributed by atoms with Gasteiger partial charge in [-0.15, -0.1) is 0 Å². The van der Waals surface area contributed by atoms with Crippen LogP contribution in [0, 0.1) is 0 Å². The number of aliphatic hydroxyl groups excluding tert-OH is 1. The maximum atomic E-state index is 13.3. The average Bonchev–Trinajstić information content (AvgIpc) is 3.11. The van der Waals surface area contributed by atoms with Crippen LogP contribution < -0.4 is 38.1 Å². The molecule has 10 N–H and O–H groups in total. The molecule has 0 aliphatic rings. The van der Waals surface area contributed by atoms with E-state index in [1.807, 2.05) is 12.1 Å². The fourth-order valence-corrected chi connectivity index (χ4v) is 4.82.